The fraction of sp³-hybridized carbons (Fsp3) is 0.765. The Kier molecular flexibility index (Phi) is 15.9. The second kappa shape index (κ2) is 18.6. The Morgan fingerprint density at radius 2 is 1.39 bits per heavy atom. The third-order valence-electron chi connectivity index (χ3n) is 9.16. The van der Waals surface area contributed by atoms with Gasteiger partial charge in [-0.3, -0.25) is 0 Å². The summed E-state index contributed by atoms with van der Waals surface area (Å²) in [6.45, 7) is 15.9. The van der Waals surface area contributed by atoms with E-state index in [1.807, 2.05) is 0 Å². The molecule has 0 spiro atoms. The van der Waals surface area contributed by atoms with Gasteiger partial charge < -0.3 is 24.4 Å². The van der Waals surface area contributed by atoms with Crippen LogP contribution >= 0.6 is 0 Å². The average molecular weight is 577 g/mol. The van der Waals surface area contributed by atoms with Crippen LogP contribution in [0.1, 0.15) is 104 Å². The van der Waals surface area contributed by atoms with Crippen LogP contribution in [0.25, 0.3) is 0 Å². The van der Waals surface area contributed by atoms with E-state index in [0.717, 1.165) is 30.6 Å². The molecule has 3 atom stereocenters. The van der Waals surface area contributed by atoms with E-state index in [0.29, 0.717) is 12.3 Å². The van der Waals surface area contributed by atoms with E-state index in [1.165, 1.54) is 64.2 Å². The maximum absolute atomic E-state index is 12.6. The van der Waals surface area contributed by atoms with Gasteiger partial charge in [0.25, 0.3) is 0 Å². The fourth-order valence-electron chi connectivity index (χ4n) is 6.41. The van der Waals surface area contributed by atoms with E-state index in [4.69, 9.17) is 14.2 Å². The van der Waals surface area contributed by atoms with Gasteiger partial charge in [-0.2, -0.15) is 0 Å². The van der Waals surface area contributed by atoms with Crippen molar-refractivity contribution in [2.75, 3.05) is 19.8 Å². The molecule has 2 aliphatic rings. The predicted octanol–water partition coefficient (Wildman–Crippen LogP) is 6.68. The summed E-state index contributed by atoms with van der Waals surface area (Å²) in [5.41, 5.74) is 0.671. The SMILES string of the molecule is C=C(C)C(=O)OCC(COC(O)C(=C)CO)C(CC1CCC(C2CCC(CCCCC)CC2)CC1)OC(=O)C(=C)C. The average Bonchev–Trinajstić information content (AvgIpc) is 2.96. The number of hydrogen-bond acceptors (Lipinski definition) is 7. The topological polar surface area (TPSA) is 102 Å². The minimum absolute atomic E-state index is 0.0470. The van der Waals surface area contributed by atoms with Crippen LogP contribution in [-0.4, -0.2) is 54.4 Å². The Balaban J connectivity index is 2.01. The van der Waals surface area contributed by atoms with E-state index < -0.39 is 36.9 Å². The summed E-state index contributed by atoms with van der Waals surface area (Å²) in [6.07, 6.45) is 14.1. The number of esters is 2. The fourth-order valence-corrected chi connectivity index (χ4v) is 6.41. The molecule has 41 heavy (non-hydrogen) atoms. The highest BCUT2D eigenvalue weighted by atomic mass is 16.6. The molecule has 0 aromatic carbocycles. The molecule has 2 aliphatic carbocycles. The molecule has 7 nitrogen and oxygen atoms in total. The first-order valence-electron chi connectivity index (χ1n) is 15.8. The van der Waals surface area contributed by atoms with Crippen LogP contribution in [0.5, 0.6) is 0 Å². The van der Waals surface area contributed by atoms with Crippen molar-refractivity contribution in [3.63, 3.8) is 0 Å². The largest absolute Gasteiger partial charge is 0.462 e. The van der Waals surface area contributed by atoms with Crippen molar-refractivity contribution in [2.45, 2.75) is 117 Å². The normalized spacial score (nSPS) is 25.0. The molecule has 0 bridgehead atoms. The van der Waals surface area contributed by atoms with E-state index in [-0.39, 0.29) is 29.9 Å². The van der Waals surface area contributed by atoms with Crippen LogP contribution in [0.3, 0.4) is 0 Å². The monoisotopic (exact) mass is 576 g/mol. The number of carbonyl (C=O) groups excluding carboxylic acids is 2. The van der Waals surface area contributed by atoms with Crippen LogP contribution in [-0.2, 0) is 23.8 Å². The van der Waals surface area contributed by atoms with Crippen LogP contribution in [0, 0.1) is 29.6 Å². The number of carbonyl (C=O) groups is 2. The van der Waals surface area contributed by atoms with E-state index >= 15 is 0 Å². The Morgan fingerprint density at radius 1 is 0.829 bits per heavy atom. The molecule has 0 saturated heterocycles. The van der Waals surface area contributed by atoms with Gasteiger partial charge in [0.05, 0.1) is 19.1 Å². The van der Waals surface area contributed by atoms with Crippen molar-refractivity contribution in [2.24, 2.45) is 29.6 Å². The van der Waals surface area contributed by atoms with Crippen LogP contribution in [0.15, 0.2) is 36.5 Å². The first-order valence-corrected chi connectivity index (χ1v) is 15.8. The van der Waals surface area contributed by atoms with Gasteiger partial charge in [-0.15, -0.1) is 0 Å². The maximum atomic E-state index is 12.6. The van der Waals surface area contributed by atoms with Gasteiger partial charge in [0, 0.05) is 16.7 Å². The molecule has 3 unspecified atom stereocenters. The molecule has 0 heterocycles. The lowest BCUT2D eigenvalue weighted by atomic mass is 9.68. The first kappa shape index (κ1) is 35.2. The Bertz CT molecular complexity index is 849. The third-order valence-corrected chi connectivity index (χ3v) is 9.16. The highest BCUT2D eigenvalue weighted by Gasteiger charge is 2.35. The molecule has 0 aromatic rings. The van der Waals surface area contributed by atoms with Gasteiger partial charge in [0.1, 0.15) is 12.7 Å². The lowest BCUT2D eigenvalue weighted by Crippen LogP contribution is -2.38. The van der Waals surface area contributed by atoms with E-state index in [9.17, 15) is 19.8 Å². The lowest BCUT2D eigenvalue weighted by Gasteiger charge is -2.39. The molecule has 2 saturated carbocycles. The zero-order chi connectivity index (χ0) is 30.4. The van der Waals surface area contributed by atoms with E-state index in [1.54, 1.807) is 13.8 Å². The summed E-state index contributed by atoms with van der Waals surface area (Å²) in [5.74, 6) is 1.33. The number of ether oxygens (including phenoxy) is 3. The van der Waals surface area contributed by atoms with Crippen molar-refractivity contribution in [1.29, 1.82) is 0 Å². The molecular weight excluding hydrogens is 520 g/mol. The summed E-state index contributed by atoms with van der Waals surface area (Å²) in [6, 6.07) is 0. The molecule has 0 aromatic heterocycles. The summed E-state index contributed by atoms with van der Waals surface area (Å²) in [5, 5.41) is 19.5. The highest BCUT2D eigenvalue weighted by Crippen LogP contribution is 2.43. The van der Waals surface area contributed by atoms with Crippen molar-refractivity contribution < 1.29 is 34.0 Å². The minimum Gasteiger partial charge on any atom is -0.462 e. The summed E-state index contributed by atoms with van der Waals surface area (Å²) in [7, 11) is 0. The zero-order valence-electron chi connectivity index (χ0n) is 25.9. The molecule has 0 amide bonds. The van der Waals surface area contributed by atoms with Gasteiger partial charge in [0.2, 0.25) is 0 Å². The standard InChI is InChI=1S/C34H56O7/c1-7-8-9-10-26-11-15-28(16-12-26)29-17-13-27(14-18-29)19-31(41-33(37)24(4)5)30(21-39-32(36)23(2)3)22-40-34(38)25(6)20-35/h26-31,34-35,38H,2,4,6-22H2,1,3,5H3. The van der Waals surface area contributed by atoms with Gasteiger partial charge in [-0.05, 0) is 69.6 Å². The lowest BCUT2D eigenvalue weighted by molar-refractivity contribution is -0.159. The second-order valence-electron chi connectivity index (χ2n) is 12.7. The Morgan fingerprint density at radius 3 is 1.90 bits per heavy atom. The van der Waals surface area contributed by atoms with Crippen molar-refractivity contribution in [3.8, 4) is 0 Å². The number of hydrogen-bond donors (Lipinski definition) is 2. The third kappa shape index (κ3) is 12.4. The van der Waals surface area contributed by atoms with E-state index in [2.05, 4.69) is 26.7 Å². The number of aliphatic hydroxyl groups is 2. The van der Waals surface area contributed by atoms with Crippen molar-refractivity contribution >= 4 is 11.9 Å². The van der Waals surface area contributed by atoms with Gasteiger partial charge in [-0.25, -0.2) is 9.59 Å². The number of unbranched alkanes of at least 4 members (excludes halogenated alkanes) is 2. The van der Waals surface area contributed by atoms with Crippen LogP contribution in [0.2, 0.25) is 0 Å². The quantitative estimate of drug-likeness (QED) is 0.0617. The zero-order valence-corrected chi connectivity index (χ0v) is 25.9. The van der Waals surface area contributed by atoms with Gasteiger partial charge in [-0.1, -0.05) is 78.0 Å². The van der Waals surface area contributed by atoms with Crippen molar-refractivity contribution in [1.82, 2.24) is 0 Å². The molecule has 0 aliphatic heterocycles. The maximum Gasteiger partial charge on any atom is 0.333 e. The molecule has 2 fully saturated rings. The van der Waals surface area contributed by atoms with Gasteiger partial charge in [0.15, 0.2) is 6.29 Å². The molecule has 7 heteroatoms. The number of aliphatic hydroxyl groups excluding tert-OH is 2. The second-order valence-corrected chi connectivity index (χ2v) is 12.7. The molecular formula is C34H56O7. The minimum atomic E-state index is -1.38. The molecule has 2 N–H and O–H groups in total. The molecule has 2 rings (SSSR count). The van der Waals surface area contributed by atoms with Crippen molar-refractivity contribution in [3.05, 3.63) is 36.5 Å². The predicted molar refractivity (Wildman–Crippen MR) is 162 cm³/mol. The summed E-state index contributed by atoms with van der Waals surface area (Å²) in [4.78, 5) is 24.8. The summed E-state index contributed by atoms with van der Waals surface area (Å²) < 4.78 is 16.9. The summed E-state index contributed by atoms with van der Waals surface area (Å²) >= 11 is 0. The van der Waals surface area contributed by atoms with Crippen LogP contribution in [0.4, 0.5) is 0 Å². The molecule has 234 valence electrons. The highest BCUT2D eigenvalue weighted by molar-refractivity contribution is 5.87. The van der Waals surface area contributed by atoms with Gasteiger partial charge >= 0.3 is 11.9 Å². The smallest absolute Gasteiger partial charge is 0.333 e. The number of rotatable bonds is 18. The Labute approximate surface area is 248 Å². The first-order chi connectivity index (χ1) is 19.5. The van der Waals surface area contributed by atoms with Crippen LogP contribution < -0.4 is 0 Å². The Hall–Kier alpha value is -1.96. The molecule has 0 radical (unpaired) electrons.